The van der Waals surface area contributed by atoms with Crippen molar-refractivity contribution in [2.24, 2.45) is 17.8 Å². The number of hydrogen-bond donors (Lipinski definition) is 6. The molecule has 5 heterocycles. The summed E-state index contributed by atoms with van der Waals surface area (Å²) in [5, 5.41) is 67.7. The number of Topliss-reactive ketones (excluding diaryl/α,β-unsaturated/α-hetero) is 2. The number of esters is 1. The molecule has 6 aliphatic rings. The number of methoxy groups -OCH3 is 1. The normalized spacial score (nSPS) is 29.4. The maximum atomic E-state index is 17.0. The maximum absolute atomic E-state index is 17.0. The molecular formula is C63H80FN3O16. The Kier molecular flexibility index (Phi) is 17.5. The molecular weight excluding hydrogens is 1070 g/mol. The predicted octanol–water partition coefficient (Wildman–Crippen LogP) is 6.79. The Morgan fingerprint density at radius 1 is 0.904 bits per heavy atom. The fraction of sp³-hybridized carbons (Fsp3) is 0.571. The molecule has 6 unspecified atom stereocenters. The number of aromatic nitrogens is 1. The number of ether oxygens (including phenoxy) is 5. The van der Waals surface area contributed by atoms with Crippen LogP contribution in [0, 0.1) is 23.6 Å². The third-order valence-electron chi connectivity index (χ3n) is 18.0. The molecule has 20 heteroatoms. The highest BCUT2D eigenvalue weighted by atomic mass is 19.1. The van der Waals surface area contributed by atoms with Crippen LogP contribution in [0.1, 0.15) is 145 Å². The summed E-state index contributed by atoms with van der Waals surface area (Å²) in [5.74, 6) is -6.65. The fourth-order valence-corrected chi connectivity index (χ4v) is 13.2. The number of aliphatic hydroxyl groups excluding tert-OH is 4. The van der Waals surface area contributed by atoms with Gasteiger partial charge in [0.15, 0.2) is 22.8 Å². The Hall–Kier alpha value is -6.26. The van der Waals surface area contributed by atoms with Crippen LogP contribution in [0.2, 0.25) is 0 Å². The Balaban J connectivity index is 1.25. The number of piperazine rings is 1. The van der Waals surface area contributed by atoms with Crippen LogP contribution >= 0.6 is 0 Å². The van der Waals surface area contributed by atoms with E-state index >= 15 is 14.0 Å². The molecule has 2 saturated heterocycles. The lowest BCUT2D eigenvalue weighted by atomic mass is 9.52. The topological polar surface area (TPSA) is 264 Å². The van der Waals surface area contributed by atoms with Gasteiger partial charge in [0.1, 0.15) is 64.2 Å². The van der Waals surface area contributed by atoms with Gasteiger partial charge in [0.05, 0.1) is 36.4 Å². The largest absolute Gasteiger partial charge is 0.482 e. The second-order valence-electron chi connectivity index (χ2n) is 24.5. The van der Waals surface area contributed by atoms with E-state index in [1.54, 1.807) is 16.7 Å². The minimum atomic E-state index is -2.52. The molecule has 2 aromatic carbocycles. The lowest BCUT2D eigenvalue weighted by Crippen LogP contribution is -2.77. The number of carbonyl (C=O) groups is 4. The number of carboxylic acids is 1. The van der Waals surface area contributed by atoms with Crippen molar-refractivity contribution >= 4 is 46.2 Å². The number of benzene rings is 2. The second kappa shape index (κ2) is 23.7. The van der Waals surface area contributed by atoms with Gasteiger partial charge in [0.2, 0.25) is 11.7 Å². The molecule has 3 aromatic rings. The average Bonchev–Trinajstić information content (AvgIpc) is 2.95. The van der Waals surface area contributed by atoms with Gasteiger partial charge in [-0.05, 0) is 117 Å². The van der Waals surface area contributed by atoms with E-state index in [4.69, 9.17) is 23.7 Å². The third kappa shape index (κ3) is 11.1. The molecule has 2 aliphatic carbocycles. The Bertz CT molecular complexity index is 3250. The first kappa shape index (κ1) is 61.3. The molecule has 11 atom stereocenters. The van der Waals surface area contributed by atoms with Gasteiger partial charge in [-0.25, -0.2) is 14.0 Å². The van der Waals surface area contributed by atoms with E-state index < -0.39 is 119 Å². The van der Waals surface area contributed by atoms with Crippen LogP contribution < -0.4 is 24.5 Å². The molecule has 0 radical (unpaired) electrons. The first-order valence-electron chi connectivity index (χ1n) is 28.9. The first-order valence-corrected chi connectivity index (χ1v) is 28.9. The number of carbonyl (C=O) groups excluding carboxylic acids is 3. The van der Waals surface area contributed by atoms with Crippen molar-refractivity contribution in [2.75, 3.05) is 44.8 Å². The number of aliphatic hydroxyl groups is 5. The van der Waals surface area contributed by atoms with E-state index in [1.165, 1.54) is 26.3 Å². The predicted molar refractivity (Wildman–Crippen MR) is 306 cm³/mol. The van der Waals surface area contributed by atoms with Gasteiger partial charge in [0, 0.05) is 79.7 Å². The number of anilines is 1. The van der Waals surface area contributed by atoms with Gasteiger partial charge in [0.25, 0.3) is 0 Å². The number of allylic oxidation sites excluding steroid dienone is 4. The molecule has 1 spiro atoms. The van der Waals surface area contributed by atoms with Gasteiger partial charge < -0.3 is 63.8 Å². The van der Waals surface area contributed by atoms with Crippen molar-refractivity contribution in [1.29, 1.82) is 0 Å². The number of ketones is 2. The maximum Gasteiger partial charge on any atom is 0.341 e. The van der Waals surface area contributed by atoms with Gasteiger partial charge in [-0.2, -0.15) is 0 Å². The molecule has 4 fully saturated rings. The number of rotatable bonds is 17. The summed E-state index contributed by atoms with van der Waals surface area (Å²) in [4.78, 5) is 74.7. The zero-order valence-electron chi connectivity index (χ0n) is 49.1. The SMILES string of the molecule is COC(=O)/C(C)=C\CC1(O)C(=O)CCC(C(C)C)C12Oc1c(CC=C(C)C)c3c(c(O[C@@H]4O[C@H](CO)[C@@H](O)[C@H](O)[C@H]4O)c1C(=O)C2C(C)N1CCN(c2cc4c(cc2F)c(=O)c(C(=O)O)cn4C2CC2)CC1)C=CC(C)(CCC=C(C)C)O3. The summed E-state index contributed by atoms with van der Waals surface area (Å²) in [5.41, 5.74) is -3.65. The van der Waals surface area contributed by atoms with Crippen LogP contribution in [0.3, 0.4) is 0 Å². The number of aromatic carboxylic acids is 1. The zero-order chi connectivity index (χ0) is 60.4. The molecule has 2 saturated carbocycles. The lowest BCUT2D eigenvalue weighted by Gasteiger charge is -2.61. The van der Waals surface area contributed by atoms with E-state index in [2.05, 4.69) is 6.08 Å². The van der Waals surface area contributed by atoms with Crippen LogP contribution in [-0.2, 0) is 25.5 Å². The minimum Gasteiger partial charge on any atom is -0.482 e. The number of carboxylic acid groups (broad SMARTS) is 1. The number of fused-ring (bicyclic) bond motifs is 3. The highest BCUT2D eigenvalue weighted by Crippen LogP contribution is 2.61. The summed E-state index contributed by atoms with van der Waals surface area (Å²) in [7, 11) is 1.22. The summed E-state index contributed by atoms with van der Waals surface area (Å²) in [6.07, 6.45) is 4.04. The monoisotopic (exact) mass is 1150 g/mol. The van der Waals surface area contributed by atoms with Gasteiger partial charge in [-0.15, -0.1) is 0 Å². The summed E-state index contributed by atoms with van der Waals surface area (Å²) in [6, 6.07) is 1.72. The van der Waals surface area contributed by atoms with Crippen LogP contribution in [0.25, 0.3) is 17.0 Å². The quantitative estimate of drug-likeness (QED) is 0.0462. The highest BCUT2D eigenvalue weighted by molar-refractivity contribution is 6.08. The number of halogens is 1. The Morgan fingerprint density at radius 3 is 2.20 bits per heavy atom. The van der Waals surface area contributed by atoms with E-state index in [1.807, 2.05) is 77.3 Å². The Labute approximate surface area is 482 Å². The van der Waals surface area contributed by atoms with E-state index in [9.17, 15) is 45.0 Å². The van der Waals surface area contributed by atoms with Crippen LogP contribution in [0.4, 0.5) is 10.1 Å². The molecule has 0 amide bonds. The number of pyridine rings is 1. The van der Waals surface area contributed by atoms with Crippen molar-refractivity contribution in [3.05, 3.63) is 97.6 Å². The second-order valence-corrected chi connectivity index (χ2v) is 24.5. The average molecular weight is 1150 g/mol. The highest BCUT2D eigenvalue weighted by Gasteiger charge is 2.72. The van der Waals surface area contributed by atoms with Crippen molar-refractivity contribution in [3.8, 4) is 17.2 Å². The summed E-state index contributed by atoms with van der Waals surface area (Å²) in [6.45, 7) is 16.9. The molecule has 9 rings (SSSR count). The van der Waals surface area contributed by atoms with Crippen molar-refractivity contribution in [2.45, 2.75) is 173 Å². The van der Waals surface area contributed by atoms with Gasteiger partial charge in [-0.1, -0.05) is 43.2 Å². The van der Waals surface area contributed by atoms with E-state index in [-0.39, 0.29) is 102 Å². The molecule has 19 nitrogen and oxygen atoms in total. The minimum absolute atomic E-state index is 0.0479. The van der Waals surface area contributed by atoms with Crippen LogP contribution in [-0.4, -0.2) is 157 Å². The van der Waals surface area contributed by atoms with Crippen LogP contribution in [0.15, 0.2) is 64.1 Å². The van der Waals surface area contributed by atoms with Gasteiger partial charge >= 0.3 is 11.9 Å². The molecule has 0 bridgehead atoms. The molecule has 450 valence electrons. The molecule has 4 aliphatic heterocycles. The van der Waals surface area contributed by atoms with E-state index in [0.29, 0.717) is 23.9 Å². The molecule has 1 aromatic heterocycles. The summed E-state index contributed by atoms with van der Waals surface area (Å²) < 4.78 is 50.8. The van der Waals surface area contributed by atoms with E-state index in [0.717, 1.165) is 30.1 Å². The first-order chi connectivity index (χ1) is 39.2. The number of hydrogen-bond acceptors (Lipinski definition) is 17. The van der Waals surface area contributed by atoms with Crippen molar-refractivity contribution in [1.82, 2.24) is 9.47 Å². The smallest absolute Gasteiger partial charge is 0.341 e. The fourth-order valence-electron chi connectivity index (χ4n) is 13.2. The zero-order valence-corrected chi connectivity index (χ0v) is 49.1. The standard InChI is InChI=1S/C63H80FN3O16/c1-32(2)12-11-21-61(9)22-20-39-55(82-61)38(16-13-33(3)4)57-48(56(39)81-60-54(74)53(73)51(71)46(31-68)80-60)52(72)49(63(83-57)42(34(5)6)17-18-47(69)62(63,78)23-19-35(7)59(77)79-10)36(8)65-24-26-66(27-25-65)45-29-44-40(28-43(45)64)50(70)41(58(75)76)30-67(44)37-14-15-37/h12-13,19-20,22,28-30,34,36-37,42,46,49,51,53-54,60,68,71,73-74,78H,11,14-18,21,23-27,31H2,1-10H3,(H,75,76)/b35-19-/t36?,42?,46-,49?,51-,53+,54-,60+,61?,62?,63?/m1/s1. The van der Waals surface area contributed by atoms with Crippen LogP contribution in [0.5, 0.6) is 17.2 Å². The summed E-state index contributed by atoms with van der Waals surface area (Å²) >= 11 is 0. The van der Waals surface area contributed by atoms with Crippen molar-refractivity contribution < 1.29 is 77.9 Å². The third-order valence-corrected chi connectivity index (χ3v) is 18.0. The Morgan fingerprint density at radius 2 is 1.59 bits per heavy atom. The number of nitrogens with zero attached hydrogens (tertiary/aromatic N) is 3. The molecule has 6 N–H and O–H groups in total. The molecule has 83 heavy (non-hydrogen) atoms. The lowest BCUT2D eigenvalue weighted by molar-refractivity contribution is -0.277. The van der Waals surface area contributed by atoms with Gasteiger partial charge in [-0.3, -0.25) is 19.3 Å². The van der Waals surface area contributed by atoms with Crippen molar-refractivity contribution in [3.63, 3.8) is 0 Å².